The van der Waals surface area contributed by atoms with Crippen LogP contribution in [0.2, 0.25) is 0 Å². The minimum atomic E-state index is -0.843. The molecule has 0 aliphatic rings. The van der Waals surface area contributed by atoms with Crippen LogP contribution in [-0.2, 0) is 0 Å². The van der Waals surface area contributed by atoms with Crippen LogP contribution in [0.4, 0.5) is 4.39 Å². The molecule has 1 unspecified atom stereocenters. The molecule has 1 N–H and O–H groups in total. The van der Waals surface area contributed by atoms with Crippen molar-refractivity contribution < 1.29 is 13.9 Å². The van der Waals surface area contributed by atoms with Crippen molar-refractivity contribution >= 4 is 11.0 Å². The number of furan rings is 1. The number of rotatable bonds is 2. The van der Waals surface area contributed by atoms with E-state index in [2.05, 4.69) is 0 Å². The van der Waals surface area contributed by atoms with Crippen molar-refractivity contribution in [2.24, 2.45) is 0 Å². The lowest BCUT2D eigenvalue weighted by Crippen LogP contribution is -1.98. The fraction of sp³-hybridized carbons (Fsp3) is 0.176. The number of aliphatic hydroxyl groups excluding tert-OH is 1. The zero-order valence-electron chi connectivity index (χ0n) is 11.4. The molecule has 1 aromatic heterocycles. The molecular weight excluding hydrogens is 255 g/mol. The van der Waals surface area contributed by atoms with Crippen molar-refractivity contribution in [1.82, 2.24) is 0 Å². The number of fused-ring (bicyclic) bond motifs is 1. The van der Waals surface area contributed by atoms with Gasteiger partial charge in [-0.05, 0) is 54.8 Å². The van der Waals surface area contributed by atoms with Gasteiger partial charge in [0.2, 0.25) is 0 Å². The third kappa shape index (κ3) is 2.21. The molecule has 0 saturated heterocycles. The van der Waals surface area contributed by atoms with Crippen LogP contribution in [0, 0.1) is 19.7 Å². The average molecular weight is 270 g/mol. The summed E-state index contributed by atoms with van der Waals surface area (Å²) in [4.78, 5) is 0. The Bertz CT molecular complexity index is 774. The van der Waals surface area contributed by atoms with Gasteiger partial charge < -0.3 is 9.52 Å². The smallest absolute Gasteiger partial charge is 0.138 e. The quantitative estimate of drug-likeness (QED) is 0.754. The lowest BCUT2D eigenvalue weighted by Gasteiger charge is -2.10. The van der Waals surface area contributed by atoms with Gasteiger partial charge in [0.15, 0.2) is 0 Å². The Morgan fingerprint density at radius 2 is 1.80 bits per heavy atom. The number of hydrogen-bond donors (Lipinski definition) is 1. The molecule has 102 valence electrons. The molecule has 0 saturated carbocycles. The second-order valence-corrected chi connectivity index (χ2v) is 5.08. The Balaban J connectivity index is 2.02. The first-order valence-electron chi connectivity index (χ1n) is 6.49. The molecule has 0 fully saturated rings. The molecule has 1 atom stereocenters. The van der Waals surface area contributed by atoms with E-state index < -0.39 is 6.10 Å². The fourth-order valence-electron chi connectivity index (χ4n) is 2.27. The van der Waals surface area contributed by atoms with Crippen molar-refractivity contribution in [3.8, 4) is 0 Å². The summed E-state index contributed by atoms with van der Waals surface area (Å²) in [6, 6.07) is 11.8. The van der Waals surface area contributed by atoms with E-state index in [-0.39, 0.29) is 5.82 Å². The van der Waals surface area contributed by atoms with Gasteiger partial charge in [0.25, 0.3) is 0 Å². The SMILES string of the molecule is Cc1ccc(C(O)c2cc3cc(F)ccc3o2)cc1C. The Labute approximate surface area is 116 Å². The molecule has 3 heteroatoms. The fourth-order valence-corrected chi connectivity index (χ4v) is 2.27. The predicted octanol–water partition coefficient (Wildman–Crippen LogP) is 4.27. The lowest BCUT2D eigenvalue weighted by molar-refractivity contribution is 0.192. The molecule has 3 rings (SSSR count). The van der Waals surface area contributed by atoms with Gasteiger partial charge in [0, 0.05) is 5.39 Å². The second-order valence-electron chi connectivity index (χ2n) is 5.08. The summed E-state index contributed by atoms with van der Waals surface area (Å²) in [5, 5.41) is 11.0. The van der Waals surface area contributed by atoms with Gasteiger partial charge in [0.1, 0.15) is 23.3 Å². The van der Waals surface area contributed by atoms with Gasteiger partial charge in [-0.3, -0.25) is 0 Å². The van der Waals surface area contributed by atoms with Crippen LogP contribution in [0.5, 0.6) is 0 Å². The number of benzene rings is 2. The van der Waals surface area contributed by atoms with Gasteiger partial charge in [0.05, 0.1) is 0 Å². The first-order valence-corrected chi connectivity index (χ1v) is 6.49. The summed E-state index contributed by atoms with van der Waals surface area (Å²) in [5.41, 5.74) is 3.63. The number of aliphatic hydroxyl groups is 1. The number of halogens is 1. The summed E-state index contributed by atoms with van der Waals surface area (Å²) in [7, 11) is 0. The maximum atomic E-state index is 13.2. The molecule has 2 nitrogen and oxygen atoms in total. The standard InChI is InChI=1S/C17H15FO2/c1-10-3-4-12(7-11(10)2)17(19)16-9-13-8-14(18)5-6-15(13)20-16/h3-9,17,19H,1-2H3. The van der Waals surface area contributed by atoms with E-state index in [0.717, 1.165) is 11.1 Å². The highest BCUT2D eigenvalue weighted by Gasteiger charge is 2.16. The second kappa shape index (κ2) is 4.76. The van der Waals surface area contributed by atoms with Crippen LogP contribution < -0.4 is 0 Å². The molecule has 0 aliphatic heterocycles. The van der Waals surface area contributed by atoms with Gasteiger partial charge in [-0.2, -0.15) is 0 Å². The van der Waals surface area contributed by atoms with E-state index in [9.17, 15) is 9.50 Å². The molecule has 0 aliphatic carbocycles. The first-order chi connectivity index (χ1) is 9.54. The van der Waals surface area contributed by atoms with Crippen molar-refractivity contribution in [1.29, 1.82) is 0 Å². The monoisotopic (exact) mass is 270 g/mol. The normalized spacial score (nSPS) is 12.8. The average Bonchev–Trinajstić information content (AvgIpc) is 2.84. The van der Waals surface area contributed by atoms with E-state index in [1.165, 1.54) is 17.7 Å². The summed E-state index contributed by atoms with van der Waals surface area (Å²) < 4.78 is 18.8. The highest BCUT2D eigenvalue weighted by Crippen LogP contribution is 2.29. The number of hydrogen-bond acceptors (Lipinski definition) is 2. The zero-order valence-corrected chi connectivity index (χ0v) is 11.4. The third-order valence-electron chi connectivity index (χ3n) is 3.61. The van der Waals surface area contributed by atoms with Crippen LogP contribution in [0.1, 0.15) is 28.6 Å². The summed E-state index contributed by atoms with van der Waals surface area (Å²) in [5.74, 6) is 0.111. The molecule has 2 aromatic carbocycles. The van der Waals surface area contributed by atoms with Gasteiger partial charge in [-0.1, -0.05) is 18.2 Å². The largest absolute Gasteiger partial charge is 0.458 e. The molecule has 0 amide bonds. The summed E-state index contributed by atoms with van der Waals surface area (Å²) in [6.45, 7) is 4.02. The van der Waals surface area contributed by atoms with Crippen LogP contribution in [0.3, 0.4) is 0 Å². The highest BCUT2D eigenvalue weighted by atomic mass is 19.1. The van der Waals surface area contributed by atoms with E-state index in [4.69, 9.17) is 4.42 Å². The summed E-state index contributed by atoms with van der Waals surface area (Å²) in [6.07, 6.45) is -0.843. The molecule has 20 heavy (non-hydrogen) atoms. The van der Waals surface area contributed by atoms with Crippen LogP contribution in [0.15, 0.2) is 46.9 Å². The molecule has 3 aromatic rings. The first kappa shape index (κ1) is 12.9. The molecule has 0 spiro atoms. The van der Waals surface area contributed by atoms with E-state index in [1.807, 2.05) is 32.0 Å². The highest BCUT2D eigenvalue weighted by molar-refractivity contribution is 5.78. The Kier molecular flexibility index (Phi) is 3.07. The van der Waals surface area contributed by atoms with Crippen LogP contribution in [-0.4, -0.2) is 5.11 Å². The van der Waals surface area contributed by atoms with Gasteiger partial charge in [-0.15, -0.1) is 0 Å². The van der Waals surface area contributed by atoms with Gasteiger partial charge >= 0.3 is 0 Å². The zero-order chi connectivity index (χ0) is 14.3. The van der Waals surface area contributed by atoms with Crippen molar-refractivity contribution in [2.45, 2.75) is 20.0 Å². The lowest BCUT2D eigenvalue weighted by atomic mass is 10.0. The Hall–Kier alpha value is -2.13. The van der Waals surface area contributed by atoms with Crippen molar-refractivity contribution in [3.63, 3.8) is 0 Å². The van der Waals surface area contributed by atoms with E-state index in [1.54, 1.807) is 12.1 Å². The van der Waals surface area contributed by atoms with E-state index >= 15 is 0 Å². The maximum absolute atomic E-state index is 13.2. The summed E-state index contributed by atoms with van der Waals surface area (Å²) >= 11 is 0. The van der Waals surface area contributed by atoms with E-state index in [0.29, 0.717) is 16.7 Å². The molecule has 1 heterocycles. The molecular formula is C17H15FO2. The Morgan fingerprint density at radius 1 is 1.00 bits per heavy atom. The minimum absolute atomic E-state index is 0.314. The minimum Gasteiger partial charge on any atom is -0.458 e. The molecule has 0 bridgehead atoms. The predicted molar refractivity (Wildman–Crippen MR) is 76.1 cm³/mol. The van der Waals surface area contributed by atoms with Crippen molar-refractivity contribution in [2.75, 3.05) is 0 Å². The van der Waals surface area contributed by atoms with Crippen LogP contribution in [0.25, 0.3) is 11.0 Å². The number of aryl methyl sites for hydroxylation is 2. The topological polar surface area (TPSA) is 33.4 Å². The third-order valence-corrected chi connectivity index (χ3v) is 3.61. The molecule has 0 radical (unpaired) electrons. The maximum Gasteiger partial charge on any atom is 0.138 e. The van der Waals surface area contributed by atoms with Gasteiger partial charge in [-0.25, -0.2) is 4.39 Å². The van der Waals surface area contributed by atoms with Crippen molar-refractivity contribution in [3.05, 3.63) is 70.7 Å². The van der Waals surface area contributed by atoms with Crippen LogP contribution >= 0.6 is 0 Å². The Morgan fingerprint density at radius 3 is 2.55 bits per heavy atom.